The fourth-order valence-corrected chi connectivity index (χ4v) is 2.54. The maximum Gasteiger partial charge on any atom is 0.233 e. The Morgan fingerprint density at radius 1 is 1.11 bits per heavy atom. The van der Waals surface area contributed by atoms with Crippen molar-refractivity contribution in [3.8, 4) is 0 Å². The maximum absolute atomic E-state index is 11.8. The van der Waals surface area contributed by atoms with Crippen LogP contribution in [0.4, 0.5) is 0 Å². The number of amides is 1. The molecule has 0 saturated heterocycles. The van der Waals surface area contributed by atoms with Crippen molar-refractivity contribution in [2.75, 3.05) is 7.05 Å². The Hall–Kier alpha value is -1.00. The highest BCUT2D eigenvalue weighted by molar-refractivity contribution is 8.00. The smallest absolute Gasteiger partial charge is 0.233 e. The van der Waals surface area contributed by atoms with Crippen molar-refractivity contribution >= 4 is 17.7 Å². The molecule has 0 radical (unpaired) electrons. The second kappa shape index (κ2) is 7.56. The van der Waals surface area contributed by atoms with Gasteiger partial charge in [0.05, 0.1) is 5.25 Å². The molecule has 0 heterocycles. The average molecular weight is 280 g/mol. The molecule has 0 bridgehead atoms. The lowest BCUT2D eigenvalue weighted by Crippen LogP contribution is -2.35. The summed E-state index contributed by atoms with van der Waals surface area (Å²) < 4.78 is 0. The van der Waals surface area contributed by atoms with Gasteiger partial charge in [-0.05, 0) is 52.4 Å². The molecule has 3 nitrogen and oxygen atoms in total. The molecular formula is C15H24N2OS. The zero-order valence-electron chi connectivity index (χ0n) is 12.4. The molecule has 1 aromatic carbocycles. The first kappa shape index (κ1) is 16.1. The van der Waals surface area contributed by atoms with E-state index in [0.29, 0.717) is 6.04 Å². The lowest BCUT2D eigenvalue weighted by molar-refractivity contribution is -0.120. The van der Waals surface area contributed by atoms with Crippen molar-refractivity contribution in [2.45, 2.75) is 49.9 Å². The van der Waals surface area contributed by atoms with E-state index in [1.807, 2.05) is 27.8 Å². The van der Waals surface area contributed by atoms with Crippen LogP contribution >= 0.6 is 11.8 Å². The second-order valence-corrected chi connectivity index (χ2v) is 6.42. The van der Waals surface area contributed by atoms with Crippen molar-refractivity contribution in [1.29, 1.82) is 0 Å². The predicted molar refractivity (Wildman–Crippen MR) is 82.5 cm³/mol. The van der Waals surface area contributed by atoms with Crippen molar-refractivity contribution in [2.24, 2.45) is 0 Å². The summed E-state index contributed by atoms with van der Waals surface area (Å²) in [6.07, 6.45) is 0. The third-order valence-electron chi connectivity index (χ3n) is 2.93. The molecule has 0 fully saturated rings. The van der Waals surface area contributed by atoms with E-state index in [0.717, 1.165) is 4.90 Å². The molecule has 0 aliphatic carbocycles. The topological polar surface area (TPSA) is 41.1 Å². The number of benzene rings is 1. The number of hydrogen-bond acceptors (Lipinski definition) is 3. The summed E-state index contributed by atoms with van der Waals surface area (Å²) >= 11 is 1.59. The van der Waals surface area contributed by atoms with Gasteiger partial charge in [-0.3, -0.25) is 4.79 Å². The minimum atomic E-state index is -0.0741. The minimum absolute atomic E-state index is 0.0741. The molecule has 2 unspecified atom stereocenters. The molecule has 1 aromatic rings. The number of thioether (sulfide) groups is 1. The summed E-state index contributed by atoms with van der Waals surface area (Å²) in [7, 11) is 1.95. The summed E-state index contributed by atoms with van der Waals surface area (Å²) in [5, 5.41) is 6.07. The monoisotopic (exact) mass is 280 g/mol. The van der Waals surface area contributed by atoms with E-state index >= 15 is 0 Å². The normalized spacial score (nSPS) is 14.2. The van der Waals surface area contributed by atoms with Gasteiger partial charge in [0.2, 0.25) is 5.91 Å². The van der Waals surface area contributed by atoms with Gasteiger partial charge in [-0.2, -0.15) is 0 Å². The lowest BCUT2D eigenvalue weighted by Gasteiger charge is -2.15. The minimum Gasteiger partial charge on any atom is -0.353 e. The molecule has 0 aromatic heterocycles. The highest BCUT2D eigenvalue weighted by atomic mass is 32.2. The van der Waals surface area contributed by atoms with E-state index in [-0.39, 0.29) is 17.2 Å². The van der Waals surface area contributed by atoms with E-state index in [1.54, 1.807) is 11.8 Å². The first-order valence-electron chi connectivity index (χ1n) is 6.68. The van der Waals surface area contributed by atoms with Gasteiger partial charge in [0, 0.05) is 17.0 Å². The third kappa shape index (κ3) is 5.25. The molecule has 2 N–H and O–H groups in total. The quantitative estimate of drug-likeness (QED) is 0.787. The Morgan fingerprint density at radius 3 is 2.16 bits per heavy atom. The van der Waals surface area contributed by atoms with Crippen LogP contribution in [0.2, 0.25) is 0 Å². The van der Waals surface area contributed by atoms with Crippen LogP contribution in [-0.2, 0) is 4.79 Å². The maximum atomic E-state index is 11.8. The molecular weight excluding hydrogens is 256 g/mol. The van der Waals surface area contributed by atoms with Gasteiger partial charge in [-0.1, -0.05) is 12.1 Å². The van der Waals surface area contributed by atoms with Crippen molar-refractivity contribution < 1.29 is 4.79 Å². The van der Waals surface area contributed by atoms with E-state index < -0.39 is 0 Å². The van der Waals surface area contributed by atoms with Crippen LogP contribution in [0.15, 0.2) is 29.2 Å². The number of hydrogen-bond donors (Lipinski definition) is 2. The van der Waals surface area contributed by atoms with Gasteiger partial charge in [0.1, 0.15) is 0 Å². The number of rotatable bonds is 6. The Balaban J connectivity index is 2.60. The van der Waals surface area contributed by atoms with Crippen LogP contribution in [0.5, 0.6) is 0 Å². The SMILES string of the molecule is CNC(C)c1ccc(SC(C)C(=O)NC(C)C)cc1. The summed E-state index contributed by atoms with van der Waals surface area (Å²) in [6.45, 7) is 8.01. The molecule has 0 aliphatic rings. The van der Waals surface area contributed by atoms with Gasteiger partial charge in [-0.15, -0.1) is 11.8 Å². The first-order valence-corrected chi connectivity index (χ1v) is 7.56. The highest BCUT2D eigenvalue weighted by Gasteiger charge is 2.15. The van der Waals surface area contributed by atoms with E-state index in [2.05, 4.69) is 41.8 Å². The zero-order valence-corrected chi connectivity index (χ0v) is 13.2. The van der Waals surface area contributed by atoms with Gasteiger partial charge in [0.25, 0.3) is 0 Å². The van der Waals surface area contributed by atoms with Crippen molar-refractivity contribution in [3.05, 3.63) is 29.8 Å². The molecule has 0 saturated carbocycles. The van der Waals surface area contributed by atoms with Crippen LogP contribution in [0.3, 0.4) is 0 Å². The number of carbonyl (C=O) groups excluding carboxylic acids is 1. The van der Waals surface area contributed by atoms with Gasteiger partial charge >= 0.3 is 0 Å². The molecule has 106 valence electrons. The van der Waals surface area contributed by atoms with Crippen LogP contribution in [-0.4, -0.2) is 24.2 Å². The first-order chi connectivity index (χ1) is 8.93. The number of carbonyl (C=O) groups is 1. The Bertz CT molecular complexity index is 403. The fraction of sp³-hybridized carbons (Fsp3) is 0.533. The number of nitrogens with one attached hydrogen (secondary N) is 2. The standard InChI is InChI=1S/C15H24N2OS/c1-10(2)17-15(18)12(4)19-14-8-6-13(7-9-14)11(3)16-5/h6-12,16H,1-5H3,(H,17,18). The molecule has 1 rings (SSSR count). The summed E-state index contributed by atoms with van der Waals surface area (Å²) in [5.41, 5.74) is 1.26. The average Bonchev–Trinajstić information content (AvgIpc) is 2.37. The van der Waals surface area contributed by atoms with Crippen molar-refractivity contribution in [3.63, 3.8) is 0 Å². The predicted octanol–water partition coefficient (Wildman–Crippen LogP) is 2.97. The van der Waals surface area contributed by atoms with Crippen LogP contribution in [0, 0.1) is 0 Å². The van der Waals surface area contributed by atoms with E-state index in [9.17, 15) is 4.79 Å². The van der Waals surface area contributed by atoms with Gasteiger partial charge in [0.15, 0.2) is 0 Å². The Morgan fingerprint density at radius 2 is 1.68 bits per heavy atom. The Labute approximate surface area is 120 Å². The lowest BCUT2D eigenvalue weighted by atomic mass is 10.1. The van der Waals surface area contributed by atoms with Crippen LogP contribution in [0.1, 0.15) is 39.3 Å². The van der Waals surface area contributed by atoms with Crippen LogP contribution < -0.4 is 10.6 Å². The molecule has 2 atom stereocenters. The largest absolute Gasteiger partial charge is 0.353 e. The zero-order chi connectivity index (χ0) is 14.4. The second-order valence-electron chi connectivity index (χ2n) is 5.00. The van der Waals surface area contributed by atoms with E-state index in [1.165, 1.54) is 5.56 Å². The Kier molecular flexibility index (Phi) is 6.38. The molecule has 19 heavy (non-hydrogen) atoms. The summed E-state index contributed by atoms with van der Waals surface area (Å²) in [4.78, 5) is 13.0. The van der Waals surface area contributed by atoms with Gasteiger partial charge in [-0.25, -0.2) is 0 Å². The molecule has 1 amide bonds. The van der Waals surface area contributed by atoms with Gasteiger partial charge < -0.3 is 10.6 Å². The van der Waals surface area contributed by atoms with Crippen LogP contribution in [0.25, 0.3) is 0 Å². The van der Waals surface area contributed by atoms with Crippen molar-refractivity contribution in [1.82, 2.24) is 10.6 Å². The third-order valence-corrected chi connectivity index (χ3v) is 4.04. The summed E-state index contributed by atoms with van der Waals surface area (Å²) in [5.74, 6) is 0.0904. The summed E-state index contributed by atoms with van der Waals surface area (Å²) in [6, 6.07) is 8.91. The fourth-order valence-electron chi connectivity index (χ4n) is 1.66. The molecule has 0 spiro atoms. The highest BCUT2D eigenvalue weighted by Crippen LogP contribution is 2.25. The molecule has 0 aliphatic heterocycles. The van der Waals surface area contributed by atoms with E-state index in [4.69, 9.17) is 0 Å². The molecule has 4 heteroatoms.